The lowest BCUT2D eigenvalue weighted by molar-refractivity contribution is -0.139. The van der Waals surface area contributed by atoms with E-state index in [0.29, 0.717) is 6.04 Å². The van der Waals surface area contributed by atoms with Crippen LogP contribution < -0.4 is 4.90 Å². The molecule has 1 atom stereocenters. The molecule has 29 heavy (non-hydrogen) atoms. The predicted molar refractivity (Wildman–Crippen MR) is 114 cm³/mol. The van der Waals surface area contributed by atoms with Gasteiger partial charge in [-0.2, -0.15) is 0 Å². The number of benzene rings is 1. The van der Waals surface area contributed by atoms with Crippen LogP contribution in [0.15, 0.2) is 24.3 Å². The fraction of sp³-hybridized carbons (Fsp3) is 0.667. The molecular formula is C24H34N2O3. The highest BCUT2D eigenvalue weighted by Gasteiger charge is 2.42. The molecule has 1 amide bonds. The van der Waals surface area contributed by atoms with Crippen LogP contribution in [0.25, 0.3) is 0 Å². The summed E-state index contributed by atoms with van der Waals surface area (Å²) in [7, 11) is 0. The molecule has 1 saturated carbocycles. The summed E-state index contributed by atoms with van der Waals surface area (Å²) < 4.78 is 0. The number of fused-ring (bicyclic) bond motifs is 1. The zero-order chi connectivity index (χ0) is 20.5. The Kier molecular flexibility index (Phi) is 5.95. The van der Waals surface area contributed by atoms with E-state index in [0.717, 1.165) is 49.0 Å². The maximum Gasteiger partial charge on any atom is 0.304 e. The molecule has 1 aliphatic carbocycles. The SMILES string of the molecule is CC(C)[C@H]1CC[C@@H](N2CCC(N3C(=O)C(CC(=O)O)c4ccccc43)CC2)CC1. The van der Waals surface area contributed by atoms with Gasteiger partial charge in [0.1, 0.15) is 0 Å². The molecule has 3 aliphatic rings. The monoisotopic (exact) mass is 398 g/mol. The highest BCUT2D eigenvalue weighted by molar-refractivity contribution is 6.06. The molecule has 5 heteroatoms. The van der Waals surface area contributed by atoms with Crippen molar-refractivity contribution in [1.29, 1.82) is 0 Å². The number of nitrogens with zero attached hydrogens (tertiary/aromatic N) is 2. The number of piperidine rings is 1. The smallest absolute Gasteiger partial charge is 0.304 e. The van der Waals surface area contributed by atoms with Crippen molar-refractivity contribution in [3.8, 4) is 0 Å². The van der Waals surface area contributed by atoms with Gasteiger partial charge in [-0.25, -0.2) is 0 Å². The summed E-state index contributed by atoms with van der Waals surface area (Å²) in [5, 5.41) is 9.27. The molecule has 1 saturated heterocycles. The van der Waals surface area contributed by atoms with Gasteiger partial charge >= 0.3 is 5.97 Å². The number of para-hydroxylation sites is 1. The van der Waals surface area contributed by atoms with Crippen LogP contribution >= 0.6 is 0 Å². The Hall–Kier alpha value is -1.88. The Bertz CT molecular complexity index is 746. The number of rotatable bonds is 5. The highest BCUT2D eigenvalue weighted by atomic mass is 16.4. The van der Waals surface area contributed by atoms with E-state index < -0.39 is 11.9 Å². The third-order valence-corrected chi connectivity index (χ3v) is 7.55. The fourth-order valence-corrected chi connectivity index (χ4v) is 5.81. The van der Waals surface area contributed by atoms with E-state index in [9.17, 15) is 14.7 Å². The first-order valence-electron chi connectivity index (χ1n) is 11.3. The van der Waals surface area contributed by atoms with Gasteiger partial charge in [0.2, 0.25) is 5.91 Å². The number of hydrogen-bond acceptors (Lipinski definition) is 3. The third kappa shape index (κ3) is 4.07. The Morgan fingerprint density at radius 1 is 1.03 bits per heavy atom. The average Bonchev–Trinajstić information content (AvgIpc) is 2.99. The standard InChI is InChI=1S/C24H34N2O3/c1-16(2)17-7-9-18(10-8-17)25-13-11-19(12-14-25)26-22-6-4-3-5-20(22)21(24(26)29)15-23(27)28/h3-6,16-19,21H,7-15H2,1-2H3,(H,27,28)/t17-,18+,21?. The third-order valence-electron chi connectivity index (χ3n) is 7.55. The largest absolute Gasteiger partial charge is 0.481 e. The second kappa shape index (κ2) is 8.47. The first-order valence-corrected chi connectivity index (χ1v) is 11.3. The summed E-state index contributed by atoms with van der Waals surface area (Å²) >= 11 is 0. The molecule has 4 rings (SSSR count). The minimum absolute atomic E-state index is 0.0236. The van der Waals surface area contributed by atoms with E-state index in [4.69, 9.17) is 0 Å². The number of amides is 1. The molecule has 2 fully saturated rings. The number of carbonyl (C=O) groups is 2. The number of carboxylic acid groups (broad SMARTS) is 1. The predicted octanol–water partition coefficient (Wildman–Crippen LogP) is 4.27. The number of carboxylic acids is 1. The van der Waals surface area contributed by atoms with Crippen LogP contribution in [0.4, 0.5) is 5.69 Å². The second-order valence-corrected chi connectivity index (χ2v) is 9.50. The molecule has 1 unspecified atom stereocenters. The second-order valence-electron chi connectivity index (χ2n) is 9.50. The van der Waals surface area contributed by atoms with Crippen molar-refractivity contribution in [3.05, 3.63) is 29.8 Å². The van der Waals surface area contributed by atoms with Crippen molar-refractivity contribution in [3.63, 3.8) is 0 Å². The normalized spacial score (nSPS) is 28.7. The van der Waals surface area contributed by atoms with Gasteiger partial charge in [0.05, 0.1) is 12.3 Å². The topological polar surface area (TPSA) is 60.9 Å². The number of carbonyl (C=O) groups excluding carboxylic acids is 1. The molecule has 1 N–H and O–H groups in total. The highest BCUT2D eigenvalue weighted by Crippen LogP contribution is 2.42. The van der Waals surface area contributed by atoms with Crippen molar-refractivity contribution in [2.45, 2.75) is 76.8 Å². The zero-order valence-corrected chi connectivity index (χ0v) is 17.7. The summed E-state index contributed by atoms with van der Waals surface area (Å²) in [6.07, 6.45) is 7.13. The van der Waals surface area contributed by atoms with E-state index in [1.165, 1.54) is 25.7 Å². The minimum atomic E-state index is -0.910. The lowest BCUT2D eigenvalue weighted by Crippen LogP contribution is -2.50. The molecular weight excluding hydrogens is 364 g/mol. The maximum atomic E-state index is 13.1. The van der Waals surface area contributed by atoms with Gasteiger partial charge in [-0.3, -0.25) is 9.59 Å². The zero-order valence-electron chi connectivity index (χ0n) is 17.7. The first-order chi connectivity index (χ1) is 14.0. The first kappa shape index (κ1) is 20.4. The van der Waals surface area contributed by atoms with Crippen molar-refractivity contribution < 1.29 is 14.7 Å². The molecule has 158 valence electrons. The molecule has 0 spiro atoms. The Morgan fingerprint density at radius 3 is 2.31 bits per heavy atom. The number of likely N-dealkylation sites (tertiary alicyclic amines) is 1. The van der Waals surface area contributed by atoms with Crippen LogP contribution in [0.2, 0.25) is 0 Å². The van der Waals surface area contributed by atoms with E-state index in [-0.39, 0.29) is 18.4 Å². The molecule has 0 radical (unpaired) electrons. The van der Waals surface area contributed by atoms with E-state index in [1.807, 2.05) is 29.2 Å². The van der Waals surface area contributed by atoms with Crippen molar-refractivity contribution in [2.75, 3.05) is 18.0 Å². The van der Waals surface area contributed by atoms with Crippen LogP contribution in [0.1, 0.15) is 70.3 Å². The molecule has 1 aromatic rings. The summed E-state index contributed by atoms with van der Waals surface area (Å²) in [6.45, 7) is 6.77. The van der Waals surface area contributed by atoms with E-state index in [1.54, 1.807) is 0 Å². The Balaban J connectivity index is 1.40. The molecule has 1 aromatic carbocycles. The number of anilines is 1. The lowest BCUT2D eigenvalue weighted by Gasteiger charge is -2.43. The fourth-order valence-electron chi connectivity index (χ4n) is 5.81. The van der Waals surface area contributed by atoms with Crippen LogP contribution in [-0.4, -0.2) is 47.1 Å². The van der Waals surface area contributed by atoms with Gasteiger partial charge in [-0.15, -0.1) is 0 Å². The average molecular weight is 399 g/mol. The summed E-state index contributed by atoms with van der Waals surface area (Å²) in [5.74, 6) is 0.208. The van der Waals surface area contributed by atoms with Crippen molar-refractivity contribution in [1.82, 2.24) is 4.90 Å². The van der Waals surface area contributed by atoms with Gasteiger partial charge in [0.25, 0.3) is 0 Å². The summed E-state index contributed by atoms with van der Waals surface area (Å²) in [6, 6.07) is 8.64. The molecule has 5 nitrogen and oxygen atoms in total. The van der Waals surface area contributed by atoms with Crippen LogP contribution in [0.3, 0.4) is 0 Å². The van der Waals surface area contributed by atoms with Gasteiger partial charge < -0.3 is 14.9 Å². The summed E-state index contributed by atoms with van der Waals surface area (Å²) in [4.78, 5) is 29.0. The van der Waals surface area contributed by atoms with E-state index >= 15 is 0 Å². The lowest BCUT2D eigenvalue weighted by atomic mass is 9.79. The number of aliphatic carboxylic acids is 1. The molecule has 2 heterocycles. The van der Waals surface area contributed by atoms with Gasteiger partial charge in [0, 0.05) is 30.9 Å². The minimum Gasteiger partial charge on any atom is -0.481 e. The number of hydrogen-bond donors (Lipinski definition) is 1. The molecule has 2 aliphatic heterocycles. The van der Waals surface area contributed by atoms with Crippen molar-refractivity contribution in [2.24, 2.45) is 11.8 Å². The van der Waals surface area contributed by atoms with Gasteiger partial charge in [-0.05, 0) is 62.0 Å². The van der Waals surface area contributed by atoms with Crippen LogP contribution in [0, 0.1) is 11.8 Å². The van der Waals surface area contributed by atoms with Gasteiger partial charge in [-0.1, -0.05) is 32.0 Å². The van der Waals surface area contributed by atoms with Gasteiger partial charge in [0.15, 0.2) is 0 Å². The van der Waals surface area contributed by atoms with Crippen molar-refractivity contribution >= 4 is 17.6 Å². The quantitative estimate of drug-likeness (QED) is 0.805. The van der Waals surface area contributed by atoms with Crippen LogP contribution in [-0.2, 0) is 9.59 Å². The van der Waals surface area contributed by atoms with Crippen LogP contribution in [0.5, 0.6) is 0 Å². The maximum absolute atomic E-state index is 13.1. The Morgan fingerprint density at radius 2 is 1.69 bits per heavy atom. The Labute approximate surface area is 174 Å². The summed E-state index contributed by atoms with van der Waals surface area (Å²) in [5.41, 5.74) is 1.81. The van der Waals surface area contributed by atoms with E-state index in [2.05, 4.69) is 18.7 Å². The molecule has 0 aromatic heterocycles. The molecule has 0 bridgehead atoms.